The maximum Gasteiger partial charge on any atom is 0.255 e. The first-order valence-electron chi connectivity index (χ1n) is 12.6. The number of nitrogens with zero attached hydrogens (tertiary/aromatic N) is 1. The minimum absolute atomic E-state index is 0.0515. The van der Waals surface area contributed by atoms with E-state index in [1.54, 1.807) is 0 Å². The SMILES string of the molecule is CCCCNCc1cc(N(C)C)c2c(c1O)C(=O)C1=C(O)C[C@H](C/C(O)=C(/C(N)=O)C(=O)CO)C[C@@H]1C2. The Morgan fingerprint density at radius 3 is 2.51 bits per heavy atom. The third-order valence-corrected chi connectivity index (χ3v) is 7.15. The number of carbonyl (C=O) groups is 3. The third kappa shape index (κ3) is 5.80. The monoisotopic (exact) mass is 515 g/mol. The van der Waals surface area contributed by atoms with E-state index in [-0.39, 0.29) is 47.3 Å². The number of anilines is 1. The Kier molecular flexibility index (Phi) is 8.98. The number of aliphatic hydroxyl groups is 3. The van der Waals surface area contributed by atoms with E-state index < -0.39 is 35.4 Å². The molecule has 1 aromatic carbocycles. The molecule has 0 saturated heterocycles. The summed E-state index contributed by atoms with van der Waals surface area (Å²) >= 11 is 0. The molecule has 0 saturated carbocycles. The van der Waals surface area contributed by atoms with E-state index in [2.05, 4.69) is 12.2 Å². The number of aliphatic hydroxyl groups excluding tert-OH is 3. The summed E-state index contributed by atoms with van der Waals surface area (Å²) in [5.41, 5.74) is 7.14. The fraction of sp³-hybridized carbons (Fsp3) is 0.519. The Labute approximate surface area is 216 Å². The second kappa shape index (κ2) is 11.8. The van der Waals surface area contributed by atoms with Crippen molar-refractivity contribution in [2.75, 3.05) is 32.1 Å². The van der Waals surface area contributed by atoms with Gasteiger partial charge in [0.05, 0.1) is 11.3 Å². The van der Waals surface area contributed by atoms with Crippen LogP contribution in [0.25, 0.3) is 0 Å². The van der Waals surface area contributed by atoms with E-state index in [0.717, 1.165) is 25.1 Å². The molecule has 0 unspecified atom stereocenters. The molecule has 0 bridgehead atoms. The smallest absolute Gasteiger partial charge is 0.255 e. The number of Topliss-reactive ketones (excluding diaryl/α,β-unsaturated/α-hetero) is 2. The number of nitrogens with two attached hydrogens (primary N) is 1. The molecule has 0 radical (unpaired) electrons. The molecule has 1 aromatic rings. The second-order valence-electron chi connectivity index (χ2n) is 10.0. The van der Waals surface area contributed by atoms with Crippen LogP contribution in [-0.4, -0.2) is 65.1 Å². The lowest BCUT2D eigenvalue weighted by Gasteiger charge is -2.36. The van der Waals surface area contributed by atoms with Gasteiger partial charge in [0.2, 0.25) is 0 Å². The van der Waals surface area contributed by atoms with Crippen LogP contribution in [0.4, 0.5) is 5.69 Å². The first kappa shape index (κ1) is 28.2. The van der Waals surface area contributed by atoms with Crippen molar-refractivity contribution in [2.45, 2.75) is 52.0 Å². The Balaban J connectivity index is 1.96. The summed E-state index contributed by atoms with van der Waals surface area (Å²) < 4.78 is 0. The van der Waals surface area contributed by atoms with Gasteiger partial charge in [-0.05, 0) is 49.3 Å². The highest BCUT2D eigenvalue weighted by Gasteiger charge is 2.41. The Bertz CT molecular complexity index is 1150. The van der Waals surface area contributed by atoms with E-state index in [0.29, 0.717) is 30.5 Å². The van der Waals surface area contributed by atoms with Crippen LogP contribution in [0.1, 0.15) is 60.5 Å². The molecule has 0 aromatic heterocycles. The molecule has 0 fully saturated rings. The molecule has 0 spiro atoms. The van der Waals surface area contributed by atoms with Crippen LogP contribution in [0, 0.1) is 11.8 Å². The van der Waals surface area contributed by atoms with Crippen LogP contribution in [0.15, 0.2) is 28.7 Å². The Hall–Kier alpha value is -3.37. The molecular formula is C27H37N3O7. The summed E-state index contributed by atoms with van der Waals surface area (Å²) in [4.78, 5) is 39.0. The molecule has 202 valence electrons. The summed E-state index contributed by atoms with van der Waals surface area (Å²) in [6.45, 7) is 2.32. The molecule has 2 atom stereocenters. The van der Waals surface area contributed by atoms with Gasteiger partial charge in [0.25, 0.3) is 5.91 Å². The molecule has 7 N–H and O–H groups in total. The van der Waals surface area contributed by atoms with Gasteiger partial charge in [0.15, 0.2) is 11.6 Å². The standard InChI is InChI=1S/C27H37N3O7/c1-4-5-6-29-12-16-11-18(30(2)3)17-10-15-7-14(9-20(33)24(27(28)37)21(34)13-31)8-19(32)22(15)26(36)23(17)25(16)35/h11,14-15,29,31-33,35H,4-10,12-13H2,1-3H3,(H2,28,37)/b24-20-/t14-,15-/m1/s1. The van der Waals surface area contributed by atoms with Crippen molar-refractivity contribution in [3.8, 4) is 5.75 Å². The summed E-state index contributed by atoms with van der Waals surface area (Å²) in [7, 11) is 3.73. The van der Waals surface area contributed by atoms with Crippen LogP contribution in [0.3, 0.4) is 0 Å². The molecule has 10 heteroatoms. The number of nitrogens with one attached hydrogen (secondary N) is 1. The lowest BCUT2D eigenvalue weighted by atomic mass is 9.68. The van der Waals surface area contributed by atoms with E-state index in [1.807, 2.05) is 25.1 Å². The van der Waals surface area contributed by atoms with Gasteiger partial charge < -0.3 is 36.4 Å². The second-order valence-corrected chi connectivity index (χ2v) is 10.0. The van der Waals surface area contributed by atoms with Crippen molar-refractivity contribution in [3.63, 3.8) is 0 Å². The topological polar surface area (TPSA) is 173 Å². The van der Waals surface area contributed by atoms with Crippen LogP contribution in [0.5, 0.6) is 5.75 Å². The fourth-order valence-electron chi connectivity index (χ4n) is 5.42. The normalized spacial score (nSPS) is 19.7. The molecule has 2 aliphatic carbocycles. The number of amides is 1. The molecule has 0 aliphatic heterocycles. The van der Waals surface area contributed by atoms with Crippen LogP contribution < -0.4 is 16.0 Å². The number of allylic oxidation sites excluding steroid dienone is 3. The largest absolute Gasteiger partial charge is 0.512 e. The third-order valence-electron chi connectivity index (χ3n) is 7.15. The zero-order chi connectivity index (χ0) is 27.4. The molecule has 10 nitrogen and oxygen atoms in total. The maximum absolute atomic E-state index is 13.6. The quantitative estimate of drug-likeness (QED) is 0.0848. The number of carbonyl (C=O) groups excluding carboxylic acids is 3. The van der Waals surface area contributed by atoms with Gasteiger partial charge in [-0.15, -0.1) is 0 Å². The minimum atomic E-state index is -1.14. The number of ketones is 2. The summed E-state index contributed by atoms with van der Waals surface area (Å²) in [6, 6.07) is 1.88. The lowest BCUT2D eigenvalue weighted by molar-refractivity contribution is -0.122. The number of aromatic hydroxyl groups is 1. The zero-order valence-corrected chi connectivity index (χ0v) is 21.6. The van der Waals surface area contributed by atoms with Crippen LogP contribution in [0.2, 0.25) is 0 Å². The predicted octanol–water partition coefficient (Wildman–Crippen LogP) is 2.17. The molecule has 1 amide bonds. The van der Waals surface area contributed by atoms with Gasteiger partial charge >= 0.3 is 0 Å². The van der Waals surface area contributed by atoms with Crippen molar-refractivity contribution in [1.82, 2.24) is 5.32 Å². The lowest BCUT2D eigenvalue weighted by Crippen LogP contribution is -2.33. The molecular weight excluding hydrogens is 478 g/mol. The van der Waals surface area contributed by atoms with E-state index in [1.165, 1.54) is 0 Å². The number of primary amides is 1. The number of hydrogen-bond acceptors (Lipinski definition) is 9. The highest BCUT2D eigenvalue weighted by atomic mass is 16.3. The van der Waals surface area contributed by atoms with Gasteiger partial charge in [-0.1, -0.05) is 13.3 Å². The number of unbranched alkanes of at least 4 members (excludes halogenated alkanes) is 1. The fourth-order valence-corrected chi connectivity index (χ4v) is 5.42. The molecule has 37 heavy (non-hydrogen) atoms. The van der Waals surface area contributed by atoms with Gasteiger partial charge in [-0.2, -0.15) is 0 Å². The number of benzene rings is 1. The average Bonchev–Trinajstić information content (AvgIpc) is 2.82. The van der Waals surface area contributed by atoms with E-state index >= 15 is 0 Å². The zero-order valence-electron chi connectivity index (χ0n) is 21.6. The van der Waals surface area contributed by atoms with E-state index in [4.69, 9.17) is 10.8 Å². The van der Waals surface area contributed by atoms with E-state index in [9.17, 15) is 29.7 Å². The van der Waals surface area contributed by atoms with Crippen molar-refractivity contribution in [3.05, 3.63) is 45.4 Å². The van der Waals surface area contributed by atoms with Gasteiger partial charge in [-0.25, -0.2) is 0 Å². The number of phenols is 1. The summed E-state index contributed by atoms with van der Waals surface area (Å²) in [6.07, 6.45) is 2.76. The highest BCUT2D eigenvalue weighted by molar-refractivity contribution is 6.19. The average molecular weight is 516 g/mol. The Morgan fingerprint density at radius 1 is 1.22 bits per heavy atom. The summed E-state index contributed by atoms with van der Waals surface area (Å²) in [5.74, 6) is -4.02. The molecule has 0 heterocycles. The van der Waals surface area contributed by atoms with Crippen molar-refractivity contribution >= 4 is 23.2 Å². The first-order chi connectivity index (χ1) is 17.5. The van der Waals surface area contributed by atoms with Crippen LogP contribution >= 0.6 is 0 Å². The van der Waals surface area contributed by atoms with Crippen molar-refractivity contribution in [1.29, 1.82) is 0 Å². The number of phenolic OH excluding ortho intramolecular Hbond substituents is 1. The number of hydrogen-bond donors (Lipinski definition) is 6. The van der Waals surface area contributed by atoms with Gasteiger partial charge in [0.1, 0.15) is 23.7 Å². The molecule has 2 aliphatic rings. The predicted molar refractivity (Wildman–Crippen MR) is 139 cm³/mol. The summed E-state index contributed by atoms with van der Waals surface area (Å²) in [5, 5.41) is 44.8. The van der Waals surface area contributed by atoms with Crippen molar-refractivity contribution < 1.29 is 34.8 Å². The number of fused-ring (bicyclic) bond motifs is 2. The van der Waals surface area contributed by atoms with Crippen LogP contribution in [-0.2, 0) is 22.6 Å². The number of rotatable bonds is 11. The Morgan fingerprint density at radius 2 is 1.92 bits per heavy atom. The first-order valence-corrected chi connectivity index (χ1v) is 12.6. The maximum atomic E-state index is 13.6. The minimum Gasteiger partial charge on any atom is -0.512 e. The van der Waals surface area contributed by atoms with Crippen molar-refractivity contribution in [2.24, 2.45) is 17.6 Å². The van der Waals surface area contributed by atoms with Gasteiger partial charge in [0, 0.05) is 50.3 Å². The molecule has 3 rings (SSSR count). The van der Waals surface area contributed by atoms with Gasteiger partial charge in [-0.3, -0.25) is 14.4 Å². The highest BCUT2D eigenvalue weighted by Crippen LogP contribution is 2.47.